The van der Waals surface area contributed by atoms with Crippen molar-refractivity contribution in [2.75, 3.05) is 0 Å². The Bertz CT molecular complexity index is 803. The number of para-hydroxylation sites is 1. The number of nitrogens with one attached hydrogen (secondary N) is 1. The summed E-state index contributed by atoms with van der Waals surface area (Å²) in [6, 6.07) is 7.59. The minimum Gasteiger partial charge on any atom is -0.360 e. The molecule has 0 atom stereocenters. The number of ketones is 1. The van der Waals surface area contributed by atoms with E-state index in [1.165, 1.54) is 16.9 Å². The number of aryl methyl sites for hydroxylation is 1. The van der Waals surface area contributed by atoms with E-state index in [9.17, 15) is 4.79 Å². The lowest BCUT2D eigenvalue weighted by Crippen LogP contribution is -1.99. The molecule has 1 N–H and O–H groups in total. The molecule has 0 spiro atoms. The molecule has 3 rings (SSSR count). The zero-order valence-electron chi connectivity index (χ0n) is 10.7. The summed E-state index contributed by atoms with van der Waals surface area (Å²) >= 11 is 13.2. The highest BCUT2D eigenvalue weighted by Crippen LogP contribution is 2.34. The van der Waals surface area contributed by atoms with Gasteiger partial charge in [-0.2, -0.15) is 0 Å². The van der Waals surface area contributed by atoms with Gasteiger partial charge in [0.15, 0.2) is 5.78 Å². The number of benzene rings is 1. The van der Waals surface area contributed by atoms with Crippen LogP contribution in [0.1, 0.15) is 28.4 Å². The molecule has 2 aromatic heterocycles. The summed E-state index contributed by atoms with van der Waals surface area (Å²) in [6.07, 6.45) is 2.66. The van der Waals surface area contributed by atoms with E-state index in [4.69, 9.17) is 23.2 Å². The molecule has 0 aliphatic carbocycles. The van der Waals surface area contributed by atoms with Gasteiger partial charge in [-0.05, 0) is 18.1 Å². The molecule has 5 heteroatoms. The highest BCUT2D eigenvalue weighted by atomic mass is 35.5. The van der Waals surface area contributed by atoms with Gasteiger partial charge in [-0.3, -0.25) is 4.79 Å². The number of thiophene rings is 1. The van der Waals surface area contributed by atoms with Crippen LogP contribution in [0, 0.1) is 0 Å². The van der Waals surface area contributed by atoms with Gasteiger partial charge in [-0.15, -0.1) is 11.3 Å². The molecule has 2 heterocycles. The van der Waals surface area contributed by atoms with Crippen molar-refractivity contribution < 1.29 is 4.79 Å². The van der Waals surface area contributed by atoms with E-state index in [2.05, 4.69) is 18.0 Å². The van der Waals surface area contributed by atoms with Crippen molar-refractivity contribution in [2.45, 2.75) is 13.3 Å². The van der Waals surface area contributed by atoms with Crippen LogP contribution in [0.5, 0.6) is 0 Å². The normalized spacial score (nSPS) is 11.2. The number of rotatable bonds is 3. The highest BCUT2D eigenvalue weighted by molar-refractivity contribution is 7.20. The van der Waals surface area contributed by atoms with Gasteiger partial charge in [0, 0.05) is 22.7 Å². The molecule has 0 saturated carbocycles. The first kappa shape index (κ1) is 13.7. The maximum absolute atomic E-state index is 12.6. The zero-order chi connectivity index (χ0) is 14.3. The minimum atomic E-state index is -0.0994. The number of hydrogen-bond acceptors (Lipinski definition) is 2. The second-order valence-corrected chi connectivity index (χ2v) is 6.75. The monoisotopic (exact) mass is 323 g/mol. The van der Waals surface area contributed by atoms with Gasteiger partial charge in [0.1, 0.15) is 4.34 Å². The molecule has 0 fully saturated rings. The largest absolute Gasteiger partial charge is 0.360 e. The van der Waals surface area contributed by atoms with Crippen LogP contribution >= 0.6 is 34.5 Å². The molecule has 0 saturated heterocycles. The zero-order valence-corrected chi connectivity index (χ0v) is 13.0. The predicted octanol–water partition coefficient (Wildman–Crippen LogP) is 5.33. The summed E-state index contributed by atoms with van der Waals surface area (Å²) in [5, 5.41) is 0.924. The summed E-state index contributed by atoms with van der Waals surface area (Å²) < 4.78 is 0.952. The molecule has 1 aromatic carbocycles. The van der Waals surface area contributed by atoms with E-state index < -0.39 is 0 Å². The third kappa shape index (κ3) is 2.16. The standard InChI is InChI=1S/C15H11Cl2NOS/c1-2-8-4-3-5-9-11(7-18-13(8)9)14(19)10-6-12(16)20-15(10)17/h3-7,18H,2H2,1H3. The predicted molar refractivity (Wildman–Crippen MR) is 85.4 cm³/mol. The fourth-order valence-electron chi connectivity index (χ4n) is 2.34. The summed E-state index contributed by atoms with van der Waals surface area (Å²) in [7, 11) is 0. The maximum Gasteiger partial charge on any atom is 0.197 e. The molecule has 0 amide bonds. The van der Waals surface area contributed by atoms with Crippen molar-refractivity contribution >= 4 is 51.2 Å². The Hall–Kier alpha value is -1.29. The third-order valence-corrected chi connectivity index (χ3v) is 4.82. The van der Waals surface area contributed by atoms with Crippen molar-refractivity contribution in [3.63, 3.8) is 0 Å². The van der Waals surface area contributed by atoms with Crippen molar-refractivity contribution in [3.8, 4) is 0 Å². The van der Waals surface area contributed by atoms with Crippen LogP contribution in [-0.2, 0) is 6.42 Å². The van der Waals surface area contributed by atoms with Crippen LogP contribution in [0.15, 0.2) is 30.5 Å². The number of carbonyl (C=O) groups excluding carboxylic acids is 1. The first-order valence-corrected chi connectivity index (χ1v) is 7.77. The van der Waals surface area contributed by atoms with Gasteiger partial charge in [-0.25, -0.2) is 0 Å². The Balaban J connectivity index is 2.15. The molecule has 0 aliphatic rings. The van der Waals surface area contributed by atoms with E-state index in [-0.39, 0.29) is 5.78 Å². The number of halogens is 2. The number of fused-ring (bicyclic) bond motifs is 1. The summed E-state index contributed by atoms with van der Waals surface area (Å²) in [4.78, 5) is 15.8. The molecule has 0 unspecified atom stereocenters. The molecule has 3 aromatic rings. The molecular formula is C15H11Cl2NOS. The minimum absolute atomic E-state index is 0.0994. The average Bonchev–Trinajstić information content (AvgIpc) is 3.00. The lowest BCUT2D eigenvalue weighted by atomic mass is 10.0. The quantitative estimate of drug-likeness (QED) is 0.649. The van der Waals surface area contributed by atoms with Crippen molar-refractivity contribution in [3.05, 3.63) is 55.8 Å². The Kier molecular flexibility index (Phi) is 3.59. The Morgan fingerprint density at radius 2 is 2.10 bits per heavy atom. The fraction of sp³-hybridized carbons (Fsp3) is 0.133. The van der Waals surface area contributed by atoms with Gasteiger partial charge in [0.2, 0.25) is 0 Å². The molecule has 20 heavy (non-hydrogen) atoms. The highest BCUT2D eigenvalue weighted by Gasteiger charge is 2.19. The number of aromatic nitrogens is 1. The number of carbonyl (C=O) groups is 1. The lowest BCUT2D eigenvalue weighted by Gasteiger charge is -2.00. The second kappa shape index (κ2) is 5.24. The second-order valence-electron chi connectivity index (χ2n) is 4.46. The summed E-state index contributed by atoms with van der Waals surface area (Å²) in [6.45, 7) is 2.09. The van der Waals surface area contributed by atoms with Crippen LogP contribution in [0.2, 0.25) is 8.67 Å². The SMILES string of the molecule is CCc1cccc2c(C(=O)c3cc(Cl)sc3Cl)c[nH]c12. The van der Waals surface area contributed by atoms with E-state index in [1.54, 1.807) is 12.3 Å². The van der Waals surface area contributed by atoms with Gasteiger partial charge < -0.3 is 4.98 Å². The summed E-state index contributed by atoms with van der Waals surface area (Å²) in [5.41, 5.74) is 3.29. The number of hydrogen-bond donors (Lipinski definition) is 1. The molecule has 102 valence electrons. The molecule has 0 radical (unpaired) electrons. The van der Waals surface area contributed by atoms with E-state index in [0.29, 0.717) is 19.8 Å². The van der Waals surface area contributed by atoms with Gasteiger partial charge >= 0.3 is 0 Å². The third-order valence-electron chi connectivity index (χ3n) is 3.33. The van der Waals surface area contributed by atoms with Crippen LogP contribution in [0.3, 0.4) is 0 Å². The van der Waals surface area contributed by atoms with Gasteiger partial charge in [0.25, 0.3) is 0 Å². The Morgan fingerprint density at radius 3 is 2.75 bits per heavy atom. The average molecular weight is 324 g/mol. The van der Waals surface area contributed by atoms with E-state index in [1.807, 2.05) is 12.1 Å². The number of H-pyrrole nitrogens is 1. The molecular weight excluding hydrogens is 313 g/mol. The maximum atomic E-state index is 12.6. The molecule has 0 aliphatic heterocycles. The fourth-order valence-corrected chi connectivity index (χ4v) is 3.80. The smallest absolute Gasteiger partial charge is 0.197 e. The van der Waals surface area contributed by atoms with Crippen LogP contribution in [-0.4, -0.2) is 10.8 Å². The molecule has 0 bridgehead atoms. The van der Waals surface area contributed by atoms with Crippen LogP contribution in [0.4, 0.5) is 0 Å². The van der Waals surface area contributed by atoms with E-state index in [0.717, 1.165) is 17.3 Å². The van der Waals surface area contributed by atoms with Crippen molar-refractivity contribution in [1.29, 1.82) is 0 Å². The van der Waals surface area contributed by atoms with Crippen LogP contribution < -0.4 is 0 Å². The lowest BCUT2D eigenvalue weighted by molar-refractivity contribution is 0.104. The van der Waals surface area contributed by atoms with Gasteiger partial charge in [0.05, 0.1) is 9.90 Å². The summed E-state index contributed by atoms with van der Waals surface area (Å²) in [5.74, 6) is -0.0994. The van der Waals surface area contributed by atoms with Crippen molar-refractivity contribution in [1.82, 2.24) is 4.98 Å². The molecule has 2 nitrogen and oxygen atoms in total. The topological polar surface area (TPSA) is 32.9 Å². The van der Waals surface area contributed by atoms with Gasteiger partial charge in [-0.1, -0.05) is 48.3 Å². The van der Waals surface area contributed by atoms with Crippen molar-refractivity contribution in [2.24, 2.45) is 0 Å². The Morgan fingerprint density at radius 1 is 1.30 bits per heavy atom. The first-order chi connectivity index (χ1) is 9.61. The Labute approximate surface area is 130 Å². The first-order valence-electron chi connectivity index (χ1n) is 6.20. The van der Waals surface area contributed by atoms with E-state index >= 15 is 0 Å². The number of aromatic amines is 1. The van der Waals surface area contributed by atoms with Crippen LogP contribution in [0.25, 0.3) is 10.9 Å².